The van der Waals surface area contributed by atoms with Gasteiger partial charge in [0.2, 0.25) is 6.41 Å². The Morgan fingerprint density at radius 1 is 1.50 bits per heavy atom. The van der Waals surface area contributed by atoms with Crippen LogP contribution in [0.1, 0.15) is 0 Å². The molecule has 0 saturated carbocycles. The molecule has 2 aliphatic heterocycles. The highest BCUT2D eigenvalue weighted by Gasteiger charge is 2.48. The summed E-state index contributed by atoms with van der Waals surface area (Å²) in [5.74, 6) is 0.143. The van der Waals surface area contributed by atoms with E-state index in [0.29, 0.717) is 0 Å². The molecule has 2 rings (SSSR count). The van der Waals surface area contributed by atoms with Crippen LogP contribution in [0.15, 0.2) is 0 Å². The van der Waals surface area contributed by atoms with Crippen molar-refractivity contribution in [1.29, 1.82) is 0 Å². The first-order chi connectivity index (χ1) is 5.49. The van der Waals surface area contributed by atoms with Crippen LogP contribution >= 0.6 is 0 Å². The molecule has 0 spiro atoms. The van der Waals surface area contributed by atoms with Crippen molar-refractivity contribution < 1.29 is 18.3 Å². The molecule has 2 saturated heterocycles. The van der Waals surface area contributed by atoms with Crippen molar-refractivity contribution in [2.45, 2.75) is 18.6 Å². The minimum Gasteiger partial charge on any atom is -0.356 e. The molecule has 0 aromatic heterocycles. The van der Waals surface area contributed by atoms with Crippen molar-refractivity contribution in [1.82, 2.24) is 4.90 Å². The summed E-state index contributed by atoms with van der Waals surface area (Å²) in [5, 5.41) is 9.18. The lowest BCUT2D eigenvalue weighted by Crippen LogP contribution is -2.35. The lowest BCUT2D eigenvalue weighted by atomic mass is 10.2. The lowest BCUT2D eigenvalue weighted by Gasteiger charge is -2.16. The van der Waals surface area contributed by atoms with E-state index >= 15 is 0 Å². The van der Waals surface area contributed by atoms with Crippen molar-refractivity contribution in [3.63, 3.8) is 0 Å². The monoisotopic (exact) mass is 193 g/mol. The zero-order chi connectivity index (χ0) is 8.93. The molecule has 1 N–H and O–H groups in total. The molecule has 0 radical (unpaired) electrons. The van der Waals surface area contributed by atoms with Gasteiger partial charge in [-0.2, -0.15) is 0 Å². The Balaban J connectivity index is 2.21. The van der Waals surface area contributed by atoms with E-state index in [4.69, 9.17) is 4.74 Å². The van der Waals surface area contributed by atoms with Gasteiger partial charge in [0.25, 0.3) is 0 Å². The minimum atomic E-state index is -2.94. The van der Waals surface area contributed by atoms with Crippen molar-refractivity contribution in [2.75, 3.05) is 18.6 Å². The Kier molecular flexibility index (Phi) is 1.69. The van der Waals surface area contributed by atoms with Crippen LogP contribution in [0.5, 0.6) is 0 Å². The average Bonchev–Trinajstić information content (AvgIpc) is 2.33. The van der Waals surface area contributed by atoms with Crippen LogP contribution in [-0.4, -0.2) is 55.5 Å². The zero-order valence-corrected chi connectivity index (χ0v) is 7.49. The van der Waals surface area contributed by atoms with Crippen LogP contribution in [0.2, 0.25) is 0 Å². The number of aliphatic hydroxyl groups excluding tert-OH is 1. The number of ether oxygens (including phenoxy) is 1. The van der Waals surface area contributed by atoms with E-state index in [1.807, 2.05) is 0 Å². The van der Waals surface area contributed by atoms with Crippen LogP contribution < -0.4 is 0 Å². The van der Waals surface area contributed by atoms with Gasteiger partial charge < -0.3 is 9.84 Å². The van der Waals surface area contributed by atoms with Gasteiger partial charge in [0, 0.05) is 0 Å². The van der Waals surface area contributed by atoms with Crippen LogP contribution in [0, 0.1) is 0 Å². The Bertz CT molecular complexity index is 288. The van der Waals surface area contributed by atoms with E-state index in [2.05, 4.69) is 0 Å². The third kappa shape index (κ3) is 1.15. The SMILES string of the molecule is CN1[C@H](O)O[C@@H]2CS(=O)(=O)C[C@H]21. The quantitative estimate of drug-likeness (QED) is 0.501. The van der Waals surface area contributed by atoms with E-state index < -0.39 is 16.3 Å². The molecule has 0 aromatic carbocycles. The number of hydrogen-bond donors (Lipinski definition) is 1. The molecule has 70 valence electrons. The van der Waals surface area contributed by atoms with Crippen LogP contribution in [0.25, 0.3) is 0 Å². The van der Waals surface area contributed by atoms with Gasteiger partial charge in [-0.1, -0.05) is 0 Å². The fraction of sp³-hybridized carbons (Fsp3) is 1.00. The summed E-state index contributed by atoms with van der Waals surface area (Å²) in [4.78, 5) is 1.55. The molecule has 5 nitrogen and oxygen atoms in total. The number of aliphatic hydroxyl groups is 1. The Hall–Kier alpha value is -0.170. The third-order valence-corrected chi connectivity index (χ3v) is 4.13. The maximum absolute atomic E-state index is 11.1. The van der Waals surface area contributed by atoms with E-state index in [1.54, 1.807) is 11.9 Å². The molecule has 2 heterocycles. The first-order valence-corrected chi connectivity index (χ1v) is 5.58. The van der Waals surface area contributed by atoms with Crippen LogP contribution in [0.4, 0.5) is 0 Å². The van der Waals surface area contributed by atoms with Gasteiger partial charge in [-0.15, -0.1) is 0 Å². The topological polar surface area (TPSA) is 66.8 Å². The number of fused-ring (bicyclic) bond motifs is 1. The van der Waals surface area contributed by atoms with Crippen molar-refractivity contribution in [2.24, 2.45) is 0 Å². The second kappa shape index (κ2) is 2.41. The summed E-state index contributed by atoms with van der Waals surface area (Å²) in [6, 6.07) is -0.162. The average molecular weight is 193 g/mol. The highest BCUT2D eigenvalue weighted by molar-refractivity contribution is 7.91. The smallest absolute Gasteiger partial charge is 0.216 e. The summed E-state index contributed by atoms with van der Waals surface area (Å²) < 4.78 is 27.3. The number of sulfone groups is 1. The number of hydrogen-bond acceptors (Lipinski definition) is 5. The fourth-order valence-corrected chi connectivity index (χ4v) is 3.63. The Labute approximate surface area is 70.8 Å². The van der Waals surface area contributed by atoms with Crippen molar-refractivity contribution in [3.8, 4) is 0 Å². The normalized spacial score (nSPS) is 46.3. The first kappa shape index (κ1) is 8.43. The summed E-state index contributed by atoms with van der Waals surface area (Å²) in [6.07, 6.45) is -1.27. The van der Waals surface area contributed by atoms with E-state index in [-0.39, 0.29) is 23.7 Å². The van der Waals surface area contributed by atoms with Gasteiger partial charge in [0.15, 0.2) is 9.84 Å². The predicted octanol–water partition coefficient (Wildman–Crippen LogP) is -1.61. The Morgan fingerprint density at radius 3 is 2.75 bits per heavy atom. The number of nitrogens with zero attached hydrogens (tertiary/aromatic N) is 1. The highest BCUT2D eigenvalue weighted by atomic mass is 32.2. The number of rotatable bonds is 0. The van der Waals surface area contributed by atoms with Gasteiger partial charge in [0.05, 0.1) is 23.7 Å². The fourth-order valence-electron chi connectivity index (χ4n) is 1.72. The van der Waals surface area contributed by atoms with Crippen molar-refractivity contribution >= 4 is 9.84 Å². The van der Waals surface area contributed by atoms with Gasteiger partial charge in [-0.05, 0) is 7.05 Å². The first-order valence-electron chi connectivity index (χ1n) is 3.75. The molecule has 0 aliphatic carbocycles. The third-order valence-electron chi connectivity index (χ3n) is 2.44. The molecule has 6 heteroatoms. The second-order valence-electron chi connectivity index (χ2n) is 3.31. The van der Waals surface area contributed by atoms with Gasteiger partial charge >= 0.3 is 0 Å². The maximum atomic E-state index is 11.1. The summed E-state index contributed by atoms with van der Waals surface area (Å²) >= 11 is 0. The molecule has 3 atom stereocenters. The van der Waals surface area contributed by atoms with Gasteiger partial charge in [-0.3, -0.25) is 4.90 Å². The zero-order valence-electron chi connectivity index (χ0n) is 6.67. The second-order valence-corrected chi connectivity index (χ2v) is 5.46. The molecular weight excluding hydrogens is 182 g/mol. The molecule has 2 aliphatic rings. The summed E-state index contributed by atoms with van der Waals surface area (Å²) in [6.45, 7) is 0. The van der Waals surface area contributed by atoms with Gasteiger partial charge in [-0.25, -0.2) is 8.42 Å². The lowest BCUT2D eigenvalue weighted by molar-refractivity contribution is -0.140. The molecule has 2 fully saturated rings. The van der Waals surface area contributed by atoms with E-state index in [0.717, 1.165) is 0 Å². The molecule has 0 unspecified atom stereocenters. The van der Waals surface area contributed by atoms with Crippen LogP contribution in [0.3, 0.4) is 0 Å². The highest BCUT2D eigenvalue weighted by Crippen LogP contribution is 2.28. The summed E-state index contributed by atoms with van der Waals surface area (Å²) in [5.41, 5.74) is 0. The molecule has 0 aromatic rings. The van der Waals surface area contributed by atoms with Gasteiger partial charge in [0.1, 0.15) is 0 Å². The van der Waals surface area contributed by atoms with Crippen LogP contribution in [-0.2, 0) is 14.6 Å². The number of likely N-dealkylation sites (N-methyl/N-ethyl adjacent to an activating group) is 1. The van der Waals surface area contributed by atoms with E-state index in [9.17, 15) is 13.5 Å². The molecule has 0 amide bonds. The minimum absolute atomic E-state index is 0.0407. The Morgan fingerprint density at radius 2 is 2.17 bits per heavy atom. The maximum Gasteiger partial charge on any atom is 0.216 e. The molecule has 0 bridgehead atoms. The molecular formula is C6H11NO4S. The summed E-state index contributed by atoms with van der Waals surface area (Å²) in [7, 11) is -1.28. The van der Waals surface area contributed by atoms with Crippen molar-refractivity contribution in [3.05, 3.63) is 0 Å². The standard InChI is InChI=1S/C6H11NO4S/c1-7-4-2-12(9,10)3-5(4)11-6(7)8/h4-6,8H,2-3H2,1H3/t4-,5-,6-/m1/s1. The predicted molar refractivity (Wildman–Crippen MR) is 41.1 cm³/mol. The van der Waals surface area contributed by atoms with E-state index in [1.165, 1.54) is 0 Å². The molecule has 12 heavy (non-hydrogen) atoms. The largest absolute Gasteiger partial charge is 0.356 e.